The molecule has 4 nitrogen and oxygen atoms in total. The van der Waals surface area contributed by atoms with Gasteiger partial charge in [0.25, 0.3) is 0 Å². The van der Waals surface area contributed by atoms with Crippen molar-refractivity contribution in [3.8, 4) is 5.75 Å². The summed E-state index contributed by atoms with van der Waals surface area (Å²) in [6, 6.07) is 8.37. The van der Waals surface area contributed by atoms with Gasteiger partial charge in [0.15, 0.2) is 0 Å². The topological polar surface area (TPSA) is 19.0 Å². The van der Waals surface area contributed by atoms with Gasteiger partial charge in [-0.1, -0.05) is 25.1 Å². The van der Waals surface area contributed by atoms with E-state index in [0.29, 0.717) is 12.1 Å². The molecule has 0 aliphatic heterocycles. The Labute approximate surface area is 142 Å². The van der Waals surface area contributed by atoms with Crippen molar-refractivity contribution in [2.24, 2.45) is 5.92 Å². The third-order valence-electron chi connectivity index (χ3n) is 4.10. The van der Waals surface area contributed by atoms with Gasteiger partial charge in [-0.3, -0.25) is 9.80 Å². The van der Waals surface area contributed by atoms with Crippen LogP contribution in [0.3, 0.4) is 0 Å². The molecule has 0 N–H and O–H groups in total. The summed E-state index contributed by atoms with van der Waals surface area (Å²) in [5.74, 6) is 1.28. The summed E-state index contributed by atoms with van der Waals surface area (Å²) >= 11 is 0. The quantitative estimate of drug-likeness (QED) is 0.686. The van der Waals surface area contributed by atoms with E-state index in [1.807, 2.05) is 12.1 Å². The third kappa shape index (κ3) is 5.65. The number of benzene rings is 1. The SMILES string of the molecule is COc1ccc(/C(=C\CN(C)C)C(C)C(N(C)C)N(C)C)cc1. The molecule has 0 heterocycles. The highest BCUT2D eigenvalue weighted by atomic mass is 16.5. The van der Waals surface area contributed by atoms with Crippen molar-refractivity contribution in [3.05, 3.63) is 35.9 Å². The number of hydrogen-bond acceptors (Lipinski definition) is 4. The zero-order chi connectivity index (χ0) is 17.6. The lowest BCUT2D eigenvalue weighted by atomic mass is 9.90. The second-order valence-corrected chi connectivity index (χ2v) is 6.78. The largest absolute Gasteiger partial charge is 0.497 e. The molecule has 4 heteroatoms. The lowest BCUT2D eigenvalue weighted by molar-refractivity contribution is 0.0995. The zero-order valence-corrected chi connectivity index (χ0v) is 16.0. The van der Waals surface area contributed by atoms with Crippen molar-refractivity contribution < 1.29 is 4.74 Å². The zero-order valence-electron chi connectivity index (χ0n) is 16.0. The van der Waals surface area contributed by atoms with Gasteiger partial charge in [-0.15, -0.1) is 0 Å². The molecule has 1 unspecified atom stereocenters. The van der Waals surface area contributed by atoms with Gasteiger partial charge >= 0.3 is 0 Å². The van der Waals surface area contributed by atoms with Crippen LogP contribution in [0.15, 0.2) is 30.3 Å². The molecule has 23 heavy (non-hydrogen) atoms. The summed E-state index contributed by atoms with van der Waals surface area (Å²) in [6.07, 6.45) is 2.68. The average molecular weight is 319 g/mol. The predicted molar refractivity (Wildman–Crippen MR) is 99.9 cm³/mol. The fourth-order valence-electron chi connectivity index (χ4n) is 3.15. The molecule has 0 amide bonds. The Balaban J connectivity index is 3.20. The average Bonchev–Trinajstić information content (AvgIpc) is 2.47. The van der Waals surface area contributed by atoms with Crippen molar-refractivity contribution >= 4 is 5.57 Å². The first kappa shape index (κ1) is 19.7. The van der Waals surface area contributed by atoms with Crippen LogP contribution in [-0.4, -0.2) is 76.8 Å². The van der Waals surface area contributed by atoms with Crippen molar-refractivity contribution in [2.75, 3.05) is 55.9 Å². The van der Waals surface area contributed by atoms with Crippen LogP contribution in [-0.2, 0) is 0 Å². The molecule has 1 rings (SSSR count). The summed E-state index contributed by atoms with van der Waals surface area (Å²) in [5.41, 5.74) is 2.63. The number of methoxy groups -OCH3 is 1. The van der Waals surface area contributed by atoms with Gasteiger partial charge in [0.2, 0.25) is 0 Å². The van der Waals surface area contributed by atoms with Gasteiger partial charge in [0, 0.05) is 12.5 Å². The molecule has 0 aromatic heterocycles. The van der Waals surface area contributed by atoms with E-state index in [9.17, 15) is 0 Å². The fourth-order valence-corrected chi connectivity index (χ4v) is 3.15. The number of rotatable bonds is 8. The molecule has 0 fully saturated rings. The van der Waals surface area contributed by atoms with Crippen LogP contribution in [0, 0.1) is 5.92 Å². The van der Waals surface area contributed by atoms with E-state index in [1.54, 1.807) is 7.11 Å². The first-order chi connectivity index (χ1) is 10.8. The number of ether oxygens (including phenoxy) is 1. The molecule has 0 spiro atoms. The highest BCUT2D eigenvalue weighted by Crippen LogP contribution is 2.29. The van der Waals surface area contributed by atoms with E-state index in [0.717, 1.165) is 12.3 Å². The summed E-state index contributed by atoms with van der Waals surface area (Å²) in [7, 11) is 14.5. The normalized spacial score (nSPS) is 14.2. The van der Waals surface area contributed by atoms with E-state index in [4.69, 9.17) is 4.74 Å². The summed E-state index contributed by atoms with van der Waals surface area (Å²) < 4.78 is 5.29. The summed E-state index contributed by atoms with van der Waals surface area (Å²) in [5, 5.41) is 0. The van der Waals surface area contributed by atoms with E-state index >= 15 is 0 Å². The fraction of sp³-hybridized carbons (Fsp3) is 0.579. The number of likely N-dealkylation sites (N-methyl/N-ethyl adjacent to an activating group) is 1. The Bertz CT molecular complexity index is 484. The molecule has 0 bridgehead atoms. The number of hydrogen-bond donors (Lipinski definition) is 0. The van der Waals surface area contributed by atoms with Gasteiger partial charge in [-0.25, -0.2) is 0 Å². The molecule has 1 atom stereocenters. The maximum absolute atomic E-state index is 5.29. The Hall–Kier alpha value is -1.36. The highest BCUT2D eigenvalue weighted by Gasteiger charge is 2.25. The van der Waals surface area contributed by atoms with E-state index in [1.165, 1.54) is 11.1 Å². The Morgan fingerprint density at radius 3 is 1.91 bits per heavy atom. The lowest BCUT2D eigenvalue weighted by Crippen LogP contribution is -2.45. The highest BCUT2D eigenvalue weighted by molar-refractivity contribution is 5.68. The molecule has 0 radical (unpaired) electrons. The van der Waals surface area contributed by atoms with Crippen LogP contribution < -0.4 is 4.74 Å². The second kappa shape index (κ2) is 9.06. The summed E-state index contributed by atoms with van der Waals surface area (Å²) in [6.45, 7) is 3.23. The predicted octanol–water partition coefficient (Wildman–Crippen LogP) is 2.73. The Kier molecular flexibility index (Phi) is 7.76. The van der Waals surface area contributed by atoms with Gasteiger partial charge in [0.1, 0.15) is 5.75 Å². The van der Waals surface area contributed by atoms with Crippen molar-refractivity contribution in [1.82, 2.24) is 14.7 Å². The van der Waals surface area contributed by atoms with Crippen LogP contribution in [0.4, 0.5) is 0 Å². The van der Waals surface area contributed by atoms with E-state index in [2.05, 4.69) is 82.1 Å². The Morgan fingerprint density at radius 2 is 1.52 bits per heavy atom. The van der Waals surface area contributed by atoms with Crippen LogP contribution >= 0.6 is 0 Å². The molecule has 130 valence electrons. The van der Waals surface area contributed by atoms with Gasteiger partial charge in [-0.2, -0.15) is 0 Å². The monoisotopic (exact) mass is 319 g/mol. The van der Waals surface area contributed by atoms with Crippen LogP contribution in [0.2, 0.25) is 0 Å². The molecular formula is C19H33N3O. The number of nitrogens with zero attached hydrogens (tertiary/aromatic N) is 3. The minimum Gasteiger partial charge on any atom is -0.497 e. The minimum atomic E-state index is 0.338. The van der Waals surface area contributed by atoms with Gasteiger partial charge < -0.3 is 9.64 Å². The molecule has 0 aliphatic rings. The maximum atomic E-state index is 5.29. The first-order valence-corrected chi connectivity index (χ1v) is 8.10. The van der Waals surface area contributed by atoms with Crippen molar-refractivity contribution in [2.45, 2.75) is 13.1 Å². The lowest BCUT2D eigenvalue weighted by Gasteiger charge is -2.37. The minimum absolute atomic E-state index is 0.338. The van der Waals surface area contributed by atoms with Gasteiger partial charge in [0.05, 0.1) is 13.3 Å². The third-order valence-corrected chi connectivity index (χ3v) is 4.10. The van der Waals surface area contributed by atoms with E-state index < -0.39 is 0 Å². The van der Waals surface area contributed by atoms with Gasteiger partial charge in [-0.05, 0) is 65.6 Å². The maximum Gasteiger partial charge on any atom is 0.118 e. The molecule has 1 aromatic rings. The second-order valence-electron chi connectivity index (χ2n) is 6.78. The molecule has 1 aromatic carbocycles. The summed E-state index contributed by atoms with van der Waals surface area (Å²) in [4.78, 5) is 6.74. The molecular weight excluding hydrogens is 286 g/mol. The van der Waals surface area contributed by atoms with Crippen LogP contribution in [0.1, 0.15) is 12.5 Å². The van der Waals surface area contributed by atoms with Crippen LogP contribution in [0.25, 0.3) is 5.57 Å². The van der Waals surface area contributed by atoms with Crippen molar-refractivity contribution in [3.63, 3.8) is 0 Å². The smallest absolute Gasteiger partial charge is 0.118 e. The molecule has 0 saturated heterocycles. The van der Waals surface area contributed by atoms with E-state index in [-0.39, 0.29) is 0 Å². The standard InChI is InChI=1S/C19H33N3O/c1-15(19(21(4)5)22(6)7)18(13-14-20(2)3)16-9-11-17(23-8)12-10-16/h9-13,15,19H,14H2,1-8H3/b18-13-. The first-order valence-electron chi connectivity index (χ1n) is 8.10. The molecule has 0 saturated carbocycles. The molecule has 0 aliphatic carbocycles. The van der Waals surface area contributed by atoms with Crippen LogP contribution in [0.5, 0.6) is 5.75 Å². The van der Waals surface area contributed by atoms with Crippen molar-refractivity contribution in [1.29, 1.82) is 0 Å². The Morgan fingerprint density at radius 1 is 1.00 bits per heavy atom.